The first kappa shape index (κ1) is 21.1. The van der Waals surface area contributed by atoms with Crippen molar-refractivity contribution in [3.63, 3.8) is 0 Å². The van der Waals surface area contributed by atoms with E-state index in [2.05, 4.69) is 0 Å². The Balaban J connectivity index is 1.68. The lowest BCUT2D eigenvalue weighted by atomic mass is 10.1. The standard InChI is InChI=1S/C24H19ClO5/c1-28-21-12-14-23(29-2)18(15-21)7-13-22(26)16-5-10-20(11-6-16)30-24(27)17-3-8-19(25)9-4-17/h3-15H,1-2H3/b13-7+. The number of ketones is 1. The summed E-state index contributed by atoms with van der Waals surface area (Å²) in [6.45, 7) is 0. The summed E-state index contributed by atoms with van der Waals surface area (Å²) in [5, 5.41) is 0.536. The second-order valence-corrected chi connectivity index (χ2v) is 6.66. The highest BCUT2D eigenvalue weighted by Gasteiger charge is 2.10. The topological polar surface area (TPSA) is 61.8 Å². The van der Waals surface area contributed by atoms with Gasteiger partial charge < -0.3 is 14.2 Å². The van der Waals surface area contributed by atoms with Crippen molar-refractivity contribution in [1.82, 2.24) is 0 Å². The third-order valence-corrected chi connectivity index (χ3v) is 4.53. The van der Waals surface area contributed by atoms with Gasteiger partial charge in [0.2, 0.25) is 0 Å². The van der Waals surface area contributed by atoms with E-state index in [4.69, 9.17) is 25.8 Å². The third-order valence-electron chi connectivity index (χ3n) is 4.28. The van der Waals surface area contributed by atoms with Crippen LogP contribution in [0, 0.1) is 0 Å². The molecule has 152 valence electrons. The fourth-order valence-electron chi connectivity index (χ4n) is 2.67. The van der Waals surface area contributed by atoms with Gasteiger partial charge in [0.1, 0.15) is 17.2 Å². The number of carbonyl (C=O) groups is 2. The van der Waals surface area contributed by atoms with Gasteiger partial charge in [-0.25, -0.2) is 4.79 Å². The number of allylic oxidation sites excluding steroid dienone is 1. The van der Waals surface area contributed by atoms with E-state index in [1.807, 2.05) is 0 Å². The molecule has 0 saturated carbocycles. The lowest BCUT2D eigenvalue weighted by molar-refractivity contribution is 0.0734. The Kier molecular flexibility index (Phi) is 6.88. The number of carbonyl (C=O) groups excluding carboxylic acids is 2. The number of hydrogen-bond donors (Lipinski definition) is 0. The molecule has 0 aromatic heterocycles. The smallest absolute Gasteiger partial charge is 0.343 e. The first-order valence-corrected chi connectivity index (χ1v) is 9.40. The summed E-state index contributed by atoms with van der Waals surface area (Å²) in [6.07, 6.45) is 3.12. The lowest BCUT2D eigenvalue weighted by Gasteiger charge is -2.07. The van der Waals surface area contributed by atoms with Crippen LogP contribution in [0.15, 0.2) is 72.8 Å². The van der Waals surface area contributed by atoms with Gasteiger partial charge in [0.05, 0.1) is 19.8 Å². The average molecular weight is 423 g/mol. The molecule has 0 N–H and O–H groups in total. The lowest BCUT2D eigenvalue weighted by Crippen LogP contribution is -2.08. The number of hydrogen-bond acceptors (Lipinski definition) is 5. The monoisotopic (exact) mass is 422 g/mol. The number of halogens is 1. The Bertz CT molecular complexity index is 1070. The molecule has 0 saturated heterocycles. The van der Waals surface area contributed by atoms with Crippen LogP contribution in [0.2, 0.25) is 5.02 Å². The predicted octanol–water partition coefficient (Wildman–Crippen LogP) is 5.47. The Hall–Kier alpha value is -3.57. The van der Waals surface area contributed by atoms with Crippen LogP contribution in [0.4, 0.5) is 0 Å². The average Bonchev–Trinajstić information content (AvgIpc) is 2.78. The molecular formula is C24H19ClO5. The van der Waals surface area contributed by atoms with Gasteiger partial charge in [0.15, 0.2) is 5.78 Å². The van der Waals surface area contributed by atoms with Gasteiger partial charge >= 0.3 is 5.97 Å². The molecule has 3 aromatic carbocycles. The second-order valence-electron chi connectivity index (χ2n) is 6.23. The van der Waals surface area contributed by atoms with Gasteiger partial charge in [-0.05, 0) is 78.9 Å². The molecule has 0 bridgehead atoms. The fourth-order valence-corrected chi connectivity index (χ4v) is 2.80. The summed E-state index contributed by atoms with van der Waals surface area (Å²) in [6, 6.07) is 18.1. The molecule has 0 atom stereocenters. The molecule has 0 aliphatic rings. The molecule has 0 unspecified atom stereocenters. The van der Waals surface area contributed by atoms with E-state index in [0.29, 0.717) is 33.4 Å². The van der Waals surface area contributed by atoms with E-state index < -0.39 is 5.97 Å². The summed E-state index contributed by atoms with van der Waals surface area (Å²) < 4.78 is 15.8. The van der Waals surface area contributed by atoms with E-state index >= 15 is 0 Å². The van der Waals surface area contributed by atoms with E-state index in [1.165, 1.54) is 6.08 Å². The molecule has 3 aromatic rings. The van der Waals surface area contributed by atoms with E-state index in [0.717, 1.165) is 5.56 Å². The van der Waals surface area contributed by atoms with Crippen molar-refractivity contribution in [1.29, 1.82) is 0 Å². The zero-order chi connectivity index (χ0) is 21.5. The van der Waals surface area contributed by atoms with Crippen LogP contribution in [-0.4, -0.2) is 26.0 Å². The van der Waals surface area contributed by atoms with Crippen molar-refractivity contribution < 1.29 is 23.8 Å². The van der Waals surface area contributed by atoms with E-state index in [1.54, 1.807) is 87.0 Å². The number of methoxy groups -OCH3 is 2. The first-order valence-electron chi connectivity index (χ1n) is 9.02. The molecular weight excluding hydrogens is 404 g/mol. The molecule has 3 rings (SSSR count). The van der Waals surface area contributed by atoms with Gasteiger partial charge in [-0.3, -0.25) is 4.79 Å². The largest absolute Gasteiger partial charge is 0.497 e. The van der Waals surface area contributed by atoms with Crippen LogP contribution in [-0.2, 0) is 0 Å². The van der Waals surface area contributed by atoms with Crippen LogP contribution >= 0.6 is 11.6 Å². The maximum absolute atomic E-state index is 12.5. The van der Waals surface area contributed by atoms with Crippen molar-refractivity contribution >= 4 is 29.4 Å². The van der Waals surface area contributed by atoms with Crippen molar-refractivity contribution in [2.24, 2.45) is 0 Å². The van der Waals surface area contributed by atoms with Crippen LogP contribution < -0.4 is 14.2 Å². The maximum atomic E-state index is 12.5. The molecule has 6 heteroatoms. The number of rotatable bonds is 7. The Morgan fingerprint density at radius 2 is 1.43 bits per heavy atom. The Morgan fingerprint density at radius 1 is 0.800 bits per heavy atom. The predicted molar refractivity (Wildman–Crippen MR) is 116 cm³/mol. The van der Waals surface area contributed by atoms with Crippen molar-refractivity contribution in [2.45, 2.75) is 0 Å². The summed E-state index contributed by atoms with van der Waals surface area (Å²) in [5.74, 6) is 0.926. The number of ether oxygens (including phenoxy) is 3. The molecule has 30 heavy (non-hydrogen) atoms. The Labute approximate surface area is 179 Å². The summed E-state index contributed by atoms with van der Waals surface area (Å²) in [4.78, 5) is 24.6. The second kappa shape index (κ2) is 9.76. The van der Waals surface area contributed by atoms with Crippen LogP contribution in [0.3, 0.4) is 0 Å². The summed E-state index contributed by atoms with van der Waals surface area (Å²) in [7, 11) is 3.13. The molecule has 0 amide bonds. The quantitative estimate of drug-likeness (QED) is 0.218. The highest BCUT2D eigenvalue weighted by atomic mass is 35.5. The van der Waals surface area contributed by atoms with Gasteiger partial charge in [0, 0.05) is 16.1 Å². The number of benzene rings is 3. The summed E-state index contributed by atoms with van der Waals surface area (Å²) >= 11 is 5.82. The van der Waals surface area contributed by atoms with Crippen molar-refractivity contribution in [3.05, 3.63) is 94.5 Å². The van der Waals surface area contributed by atoms with Crippen molar-refractivity contribution in [3.8, 4) is 17.2 Å². The third kappa shape index (κ3) is 5.27. The molecule has 0 aliphatic carbocycles. The molecule has 0 heterocycles. The van der Waals surface area contributed by atoms with Crippen LogP contribution in [0.1, 0.15) is 26.3 Å². The van der Waals surface area contributed by atoms with Gasteiger partial charge in [-0.1, -0.05) is 11.6 Å². The van der Waals surface area contributed by atoms with Gasteiger partial charge in [0.25, 0.3) is 0 Å². The summed E-state index contributed by atoms with van der Waals surface area (Å²) in [5.41, 5.74) is 1.56. The van der Waals surface area contributed by atoms with E-state index in [-0.39, 0.29) is 5.78 Å². The SMILES string of the molecule is COc1ccc(OC)c(/C=C/C(=O)c2ccc(OC(=O)c3ccc(Cl)cc3)cc2)c1. The molecule has 0 spiro atoms. The fraction of sp³-hybridized carbons (Fsp3) is 0.0833. The van der Waals surface area contributed by atoms with Crippen LogP contribution in [0.25, 0.3) is 6.08 Å². The van der Waals surface area contributed by atoms with E-state index in [9.17, 15) is 9.59 Å². The molecule has 0 aliphatic heterocycles. The zero-order valence-corrected chi connectivity index (χ0v) is 17.2. The van der Waals surface area contributed by atoms with Crippen molar-refractivity contribution in [2.75, 3.05) is 14.2 Å². The minimum atomic E-state index is -0.504. The molecule has 0 radical (unpaired) electrons. The molecule has 5 nitrogen and oxygen atoms in total. The first-order chi connectivity index (χ1) is 14.5. The Morgan fingerprint density at radius 3 is 2.07 bits per heavy atom. The maximum Gasteiger partial charge on any atom is 0.343 e. The highest BCUT2D eigenvalue weighted by molar-refractivity contribution is 6.30. The van der Waals surface area contributed by atoms with Gasteiger partial charge in [-0.15, -0.1) is 0 Å². The van der Waals surface area contributed by atoms with Gasteiger partial charge in [-0.2, -0.15) is 0 Å². The van der Waals surface area contributed by atoms with Crippen LogP contribution in [0.5, 0.6) is 17.2 Å². The minimum Gasteiger partial charge on any atom is -0.497 e. The highest BCUT2D eigenvalue weighted by Crippen LogP contribution is 2.25. The number of esters is 1. The minimum absolute atomic E-state index is 0.199. The molecule has 0 fully saturated rings. The zero-order valence-electron chi connectivity index (χ0n) is 16.4. The normalized spacial score (nSPS) is 10.6.